The molecule has 0 rings (SSSR count). The molecule has 0 amide bonds. The molecule has 46 valence electrons. The normalized spacial score (nSPS) is 6.86. The maximum absolute atomic E-state index is 9.50. The molecule has 1 nitrogen and oxygen atoms in total. The second kappa shape index (κ2) is 16.9. The van der Waals surface area contributed by atoms with E-state index in [2.05, 4.69) is 0 Å². The number of rotatable bonds is 2. The van der Waals surface area contributed by atoms with E-state index in [0.717, 1.165) is 13.2 Å². The Labute approximate surface area is 44.5 Å². The van der Waals surface area contributed by atoms with Crippen LogP contribution in [-0.4, -0.2) is 20.4 Å². The Morgan fingerprint density at radius 1 is 1.14 bits per heavy atom. The molecule has 0 aromatic rings. The van der Waals surface area contributed by atoms with Crippen molar-refractivity contribution >= 4 is 0 Å². The van der Waals surface area contributed by atoms with Gasteiger partial charge >= 0.3 is 0 Å². The lowest BCUT2D eigenvalue weighted by atomic mass is 10.8. The summed E-state index contributed by atoms with van der Waals surface area (Å²) in [6.07, 6.45) is 0. The van der Waals surface area contributed by atoms with E-state index in [9.17, 15) is 4.39 Å². The molecule has 0 N–H and O–H groups in total. The second-order valence-corrected chi connectivity index (χ2v) is 0.781. The average molecular weight is 108 g/mol. The fourth-order valence-electron chi connectivity index (χ4n) is 0.204. The molecule has 0 spiro atoms. The van der Waals surface area contributed by atoms with E-state index in [0.29, 0.717) is 7.18 Å². The standard InChI is InChI=1S/C4H10O.CH3F/c1-3-5-4-2;1-2/h3-4H2,1-2H3;1H3. The van der Waals surface area contributed by atoms with Gasteiger partial charge in [-0.25, -0.2) is 0 Å². The highest BCUT2D eigenvalue weighted by Crippen LogP contribution is 1.64. The van der Waals surface area contributed by atoms with Crippen molar-refractivity contribution in [3.63, 3.8) is 0 Å². The summed E-state index contributed by atoms with van der Waals surface area (Å²) >= 11 is 0. The molecule has 0 aromatic carbocycles. The van der Waals surface area contributed by atoms with Crippen LogP contribution in [0, 0.1) is 0 Å². The van der Waals surface area contributed by atoms with Crippen LogP contribution in [0.3, 0.4) is 0 Å². The summed E-state index contributed by atoms with van der Waals surface area (Å²) in [5, 5.41) is 0. The van der Waals surface area contributed by atoms with Crippen LogP contribution in [0.4, 0.5) is 4.39 Å². The van der Waals surface area contributed by atoms with Crippen LogP contribution in [0.5, 0.6) is 0 Å². The predicted octanol–water partition coefficient (Wildman–Crippen LogP) is 1.63. The van der Waals surface area contributed by atoms with Gasteiger partial charge in [-0.3, -0.25) is 4.39 Å². The van der Waals surface area contributed by atoms with E-state index in [-0.39, 0.29) is 0 Å². The van der Waals surface area contributed by atoms with E-state index in [1.165, 1.54) is 0 Å². The molecular weight excluding hydrogens is 95.1 g/mol. The van der Waals surface area contributed by atoms with Crippen LogP contribution in [-0.2, 0) is 4.74 Å². The summed E-state index contributed by atoms with van der Waals surface area (Å²) in [6, 6.07) is 0. The van der Waals surface area contributed by atoms with Crippen LogP contribution < -0.4 is 0 Å². The molecule has 0 aliphatic rings. The highest BCUT2D eigenvalue weighted by Gasteiger charge is 1.64. The third-order valence-electron chi connectivity index (χ3n) is 0.408. The number of hydrogen-bond acceptors (Lipinski definition) is 1. The van der Waals surface area contributed by atoms with Gasteiger partial charge in [0.2, 0.25) is 0 Å². The number of halogens is 1. The maximum Gasteiger partial charge on any atom is 0.0785 e. The van der Waals surface area contributed by atoms with Crippen LogP contribution in [0.25, 0.3) is 0 Å². The largest absolute Gasteiger partial charge is 0.382 e. The molecule has 0 aliphatic carbocycles. The maximum atomic E-state index is 9.50. The summed E-state index contributed by atoms with van der Waals surface area (Å²) < 4.78 is 14.3. The fourth-order valence-corrected chi connectivity index (χ4v) is 0.204. The second-order valence-electron chi connectivity index (χ2n) is 0.781. The molecule has 0 fully saturated rings. The quantitative estimate of drug-likeness (QED) is 0.522. The molecule has 0 saturated heterocycles. The fraction of sp³-hybridized carbons (Fsp3) is 1.00. The van der Waals surface area contributed by atoms with Crippen molar-refractivity contribution < 1.29 is 9.13 Å². The zero-order valence-corrected chi connectivity index (χ0v) is 5.20. The van der Waals surface area contributed by atoms with Crippen molar-refractivity contribution in [1.82, 2.24) is 0 Å². The molecule has 0 unspecified atom stereocenters. The van der Waals surface area contributed by atoms with Gasteiger partial charge in [-0.1, -0.05) is 0 Å². The summed E-state index contributed by atoms with van der Waals surface area (Å²) in [5.41, 5.74) is 0. The first-order valence-corrected chi connectivity index (χ1v) is 2.37. The SMILES string of the molecule is CCOCC.CF. The zero-order chi connectivity index (χ0) is 6.12. The van der Waals surface area contributed by atoms with Crippen molar-refractivity contribution in [3.05, 3.63) is 0 Å². The highest BCUT2D eigenvalue weighted by atomic mass is 19.1. The molecule has 0 atom stereocenters. The molecule has 2 heteroatoms. The summed E-state index contributed by atoms with van der Waals surface area (Å²) in [7, 11) is 0.500. The van der Waals surface area contributed by atoms with Gasteiger partial charge in [-0.05, 0) is 13.8 Å². The Bertz CT molecular complexity index is 15.6. The van der Waals surface area contributed by atoms with Gasteiger partial charge in [0, 0.05) is 13.2 Å². The van der Waals surface area contributed by atoms with Gasteiger partial charge in [-0.15, -0.1) is 0 Å². The molecule has 0 heterocycles. The molecule has 0 radical (unpaired) electrons. The topological polar surface area (TPSA) is 9.23 Å². The predicted molar refractivity (Wildman–Crippen MR) is 29.2 cm³/mol. The van der Waals surface area contributed by atoms with Gasteiger partial charge in [0.05, 0.1) is 7.18 Å². The van der Waals surface area contributed by atoms with Crippen molar-refractivity contribution in [2.24, 2.45) is 0 Å². The third-order valence-corrected chi connectivity index (χ3v) is 0.408. The van der Waals surface area contributed by atoms with Crippen molar-refractivity contribution in [2.75, 3.05) is 20.4 Å². The Morgan fingerprint density at radius 2 is 1.43 bits per heavy atom. The Balaban J connectivity index is 0. The van der Waals surface area contributed by atoms with Crippen molar-refractivity contribution in [1.29, 1.82) is 0 Å². The first kappa shape index (κ1) is 10.00. The lowest BCUT2D eigenvalue weighted by Gasteiger charge is -1.86. The van der Waals surface area contributed by atoms with E-state index >= 15 is 0 Å². The van der Waals surface area contributed by atoms with Gasteiger partial charge in [0.15, 0.2) is 0 Å². The third kappa shape index (κ3) is 25.0. The smallest absolute Gasteiger partial charge is 0.0785 e. The Morgan fingerprint density at radius 3 is 1.43 bits per heavy atom. The Kier molecular flexibility index (Phi) is 24.1. The van der Waals surface area contributed by atoms with Crippen LogP contribution in [0.2, 0.25) is 0 Å². The van der Waals surface area contributed by atoms with Gasteiger partial charge < -0.3 is 4.74 Å². The van der Waals surface area contributed by atoms with Crippen molar-refractivity contribution in [3.8, 4) is 0 Å². The number of ether oxygens (including phenoxy) is 1. The molecule has 0 saturated carbocycles. The number of hydrogen-bond donors (Lipinski definition) is 0. The first-order valence-electron chi connectivity index (χ1n) is 2.37. The van der Waals surface area contributed by atoms with Crippen molar-refractivity contribution in [2.45, 2.75) is 13.8 Å². The molecule has 7 heavy (non-hydrogen) atoms. The van der Waals surface area contributed by atoms with E-state index in [1.807, 2.05) is 13.8 Å². The van der Waals surface area contributed by atoms with Crippen LogP contribution >= 0.6 is 0 Å². The van der Waals surface area contributed by atoms with Crippen LogP contribution in [0.15, 0.2) is 0 Å². The molecular formula is C5H13FO. The summed E-state index contributed by atoms with van der Waals surface area (Å²) in [5.74, 6) is 0. The van der Waals surface area contributed by atoms with Gasteiger partial charge in [0.25, 0.3) is 0 Å². The van der Waals surface area contributed by atoms with E-state index in [1.54, 1.807) is 0 Å². The lowest BCUT2D eigenvalue weighted by Crippen LogP contribution is -1.84. The van der Waals surface area contributed by atoms with Crippen LogP contribution in [0.1, 0.15) is 13.8 Å². The lowest BCUT2D eigenvalue weighted by molar-refractivity contribution is 0.162. The first-order chi connectivity index (χ1) is 3.41. The minimum atomic E-state index is 0.500. The summed E-state index contributed by atoms with van der Waals surface area (Å²) in [6.45, 7) is 5.67. The monoisotopic (exact) mass is 108 g/mol. The van der Waals surface area contributed by atoms with E-state index < -0.39 is 0 Å². The minimum absolute atomic E-state index is 0.500. The average Bonchev–Trinajstić information content (AvgIpc) is 1.75. The number of alkyl halides is 1. The van der Waals surface area contributed by atoms with Gasteiger partial charge in [-0.2, -0.15) is 0 Å². The van der Waals surface area contributed by atoms with E-state index in [4.69, 9.17) is 4.74 Å². The van der Waals surface area contributed by atoms with Gasteiger partial charge in [0.1, 0.15) is 0 Å². The zero-order valence-electron chi connectivity index (χ0n) is 5.20. The molecule has 0 aromatic heterocycles. The molecule has 0 bridgehead atoms. The molecule has 0 aliphatic heterocycles. The highest BCUT2D eigenvalue weighted by molar-refractivity contribution is 4.07. The Hall–Kier alpha value is -0.110. The minimum Gasteiger partial charge on any atom is -0.382 e. The summed E-state index contributed by atoms with van der Waals surface area (Å²) in [4.78, 5) is 0.